The summed E-state index contributed by atoms with van der Waals surface area (Å²) in [6.45, 7) is 0. The molecule has 208 valence electrons. The number of rotatable bonds is 5. The van der Waals surface area contributed by atoms with E-state index >= 15 is 0 Å². The van der Waals surface area contributed by atoms with Crippen LogP contribution in [0.5, 0.6) is 0 Å². The smallest absolute Gasteiger partial charge is 0.389 e. The molecule has 7 nitrogen and oxygen atoms in total. The largest absolute Gasteiger partial charge is 0.458 e. The third-order valence-corrected chi connectivity index (χ3v) is 9.24. The number of Topliss-reactive ketones (excluding diaryl/α,β-unsaturated/α-hetero) is 1. The van der Waals surface area contributed by atoms with Crippen molar-refractivity contribution in [1.29, 1.82) is 0 Å². The summed E-state index contributed by atoms with van der Waals surface area (Å²) in [4.78, 5) is 28.8. The van der Waals surface area contributed by atoms with Gasteiger partial charge in [0.25, 0.3) is 5.78 Å². The van der Waals surface area contributed by atoms with Crippen molar-refractivity contribution in [2.45, 2.75) is 68.7 Å². The van der Waals surface area contributed by atoms with Gasteiger partial charge >= 0.3 is 12.0 Å². The Morgan fingerprint density at radius 3 is 2.40 bits per heavy atom. The number of nitrogens with zero attached hydrogens (tertiary/aromatic N) is 3. The van der Waals surface area contributed by atoms with Gasteiger partial charge in [-0.2, -0.15) is 8.78 Å². The van der Waals surface area contributed by atoms with E-state index in [0.29, 0.717) is 34.2 Å². The number of piperidine rings is 1. The Kier molecular flexibility index (Phi) is 5.91. The second-order valence-corrected chi connectivity index (χ2v) is 11.9. The Morgan fingerprint density at radius 1 is 1.07 bits per heavy atom. The first kappa shape index (κ1) is 25.8. The summed E-state index contributed by atoms with van der Waals surface area (Å²) in [5.41, 5.74) is 2.05. The molecule has 0 spiro atoms. The summed E-state index contributed by atoms with van der Waals surface area (Å²) in [7, 11) is 1.23. The predicted octanol–water partition coefficient (Wildman–Crippen LogP) is 7.11. The fraction of sp³-hybridized carbons (Fsp3) is 0.414. The number of esters is 1. The molecule has 2 bridgehead atoms. The number of hydrogen-bond donors (Lipinski definition) is 0. The lowest BCUT2D eigenvalue weighted by atomic mass is 9.97. The molecule has 11 heteroatoms. The van der Waals surface area contributed by atoms with Gasteiger partial charge in [-0.1, -0.05) is 34.4 Å². The van der Waals surface area contributed by atoms with Crippen molar-refractivity contribution in [2.24, 2.45) is 0 Å². The van der Waals surface area contributed by atoms with E-state index < -0.39 is 17.8 Å². The van der Waals surface area contributed by atoms with Gasteiger partial charge in [-0.25, -0.2) is 4.79 Å². The average Bonchev–Trinajstić information content (AvgIpc) is 3.58. The molecular formula is C29H25Cl2F2N3O4. The van der Waals surface area contributed by atoms with E-state index in [4.69, 9.17) is 32.5 Å². The van der Waals surface area contributed by atoms with Gasteiger partial charge in [-0.3, -0.25) is 4.79 Å². The molecule has 3 fully saturated rings. The lowest BCUT2D eigenvalue weighted by molar-refractivity contribution is 0.0166. The van der Waals surface area contributed by atoms with Crippen LogP contribution in [0.4, 0.5) is 20.2 Å². The maximum Gasteiger partial charge on any atom is 0.389 e. The summed E-state index contributed by atoms with van der Waals surface area (Å²) in [6, 6.07) is 6.58. The van der Waals surface area contributed by atoms with Crippen LogP contribution in [0.1, 0.15) is 70.9 Å². The zero-order chi connectivity index (χ0) is 27.9. The molecule has 0 amide bonds. The average molecular weight is 588 g/mol. The maximum atomic E-state index is 14.3. The van der Waals surface area contributed by atoms with Crippen LogP contribution >= 0.6 is 23.2 Å². The highest BCUT2D eigenvalue weighted by atomic mass is 35.5. The van der Waals surface area contributed by atoms with Crippen LogP contribution in [0.3, 0.4) is 0 Å². The van der Waals surface area contributed by atoms with Crippen LogP contribution in [0.15, 0.2) is 40.9 Å². The van der Waals surface area contributed by atoms with Crippen molar-refractivity contribution in [2.75, 3.05) is 16.8 Å². The van der Waals surface area contributed by atoms with Crippen LogP contribution in [-0.4, -0.2) is 48.2 Å². The highest BCUT2D eigenvalue weighted by Crippen LogP contribution is 2.48. The lowest BCUT2D eigenvalue weighted by Crippen LogP contribution is -2.46. The fourth-order valence-electron chi connectivity index (χ4n) is 6.49. The minimum absolute atomic E-state index is 0.0297. The third-order valence-electron chi connectivity index (χ3n) is 8.61. The molecule has 1 saturated carbocycles. The van der Waals surface area contributed by atoms with E-state index in [-0.39, 0.29) is 46.6 Å². The van der Waals surface area contributed by atoms with Crippen molar-refractivity contribution in [3.05, 3.63) is 63.3 Å². The maximum absolute atomic E-state index is 14.3. The zero-order valence-electron chi connectivity index (χ0n) is 21.5. The van der Waals surface area contributed by atoms with Crippen molar-refractivity contribution < 1.29 is 27.6 Å². The Hall–Kier alpha value is -3.17. The predicted molar refractivity (Wildman–Crippen MR) is 146 cm³/mol. The number of carbonyl (C=O) groups excluding carboxylic acids is 2. The number of alkyl halides is 2. The van der Waals surface area contributed by atoms with Gasteiger partial charge in [-0.05, 0) is 56.0 Å². The monoisotopic (exact) mass is 587 g/mol. The molecule has 4 aliphatic rings. The van der Waals surface area contributed by atoms with Gasteiger partial charge in [0.05, 0.1) is 15.7 Å². The van der Waals surface area contributed by atoms with Gasteiger partial charge in [0.2, 0.25) is 0 Å². The molecule has 3 aliphatic heterocycles. The number of ketones is 1. The quantitative estimate of drug-likeness (QED) is 0.232. The zero-order valence-corrected chi connectivity index (χ0v) is 23.0. The van der Waals surface area contributed by atoms with Crippen LogP contribution in [0.25, 0.3) is 11.3 Å². The second-order valence-electron chi connectivity index (χ2n) is 11.1. The number of benzene rings is 2. The third kappa shape index (κ3) is 3.92. The molecule has 2 aromatic carbocycles. The summed E-state index contributed by atoms with van der Waals surface area (Å²) in [5, 5.41) is 4.92. The van der Waals surface area contributed by atoms with Crippen molar-refractivity contribution >= 4 is 46.3 Å². The van der Waals surface area contributed by atoms with E-state index in [0.717, 1.165) is 36.3 Å². The molecule has 0 unspecified atom stereocenters. The van der Waals surface area contributed by atoms with Gasteiger partial charge in [-0.15, -0.1) is 0 Å². The molecule has 0 radical (unpaired) electrons. The Morgan fingerprint density at radius 2 is 1.75 bits per heavy atom. The number of carbonyl (C=O) groups is 2. The molecular weight excluding hydrogens is 563 g/mol. The van der Waals surface area contributed by atoms with Crippen molar-refractivity contribution in [1.82, 2.24) is 5.16 Å². The normalized spacial score (nSPS) is 24.9. The highest BCUT2D eigenvalue weighted by molar-refractivity contribution is 6.39. The first-order valence-electron chi connectivity index (χ1n) is 13.4. The molecule has 1 aromatic heterocycles. The molecule has 2 saturated heterocycles. The summed E-state index contributed by atoms with van der Waals surface area (Å²) in [6.07, 6.45) is 4.44. The number of halogens is 4. The lowest BCUT2D eigenvalue weighted by Gasteiger charge is -2.40. The van der Waals surface area contributed by atoms with Crippen LogP contribution in [0.2, 0.25) is 10.0 Å². The molecule has 40 heavy (non-hydrogen) atoms. The Bertz CT molecular complexity index is 1520. The number of hydrogen-bond acceptors (Lipinski definition) is 7. The molecule has 3 atom stereocenters. The van der Waals surface area contributed by atoms with Gasteiger partial charge in [0.1, 0.15) is 17.4 Å². The van der Waals surface area contributed by atoms with E-state index in [1.54, 1.807) is 30.3 Å². The van der Waals surface area contributed by atoms with Gasteiger partial charge in [0.15, 0.2) is 5.76 Å². The van der Waals surface area contributed by atoms with Crippen molar-refractivity contribution in [3.63, 3.8) is 0 Å². The van der Waals surface area contributed by atoms with Gasteiger partial charge < -0.3 is 19.1 Å². The second kappa shape index (κ2) is 9.17. The molecule has 0 N–H and O–H groups in total. The number of aromatic nitrogens is 1. The number of anilines is 2. The first-order valence-corrected chi connectivity index (χ1v) is 14.1. The molecule has 4 heterocycles. The molecule has 7 rings (SSSR count). The SMILES string of the molecule is CN1c2cc(N3[C@@H]4CC[C@H]3C[C@H](OC(=O)c3c(-c5c(Cl)cccc5Cl)noc3C3CC3)C4)ccc2C(=O)C1(F)F. The summed E-state index contributed by atoms with van der Waals surface area (Å²) < 4.78 is 40.3. The first-order chi connectivity index (χ1) is 19.1. The van der Waals surface area contributed by atoms with Crippen LogP contribution < -0.4 is 9.80 Å². The fourth-order valence-corrected chi connectivity index (χ4v) is 7.07. The summed E-state index contributed by atoms with van der Waals surface area (Å²) in [5.74, 6) is -1.07. The molecule has 3 aromatic rings. The highest BCUT2D eigenvalue weighted by Gasteiger charge is 2.52. The minimum atomic E-state index is -3.55. The van der Waals surface area contributed by atoms with E-state index in [9.17, 15) is 18.4 Å². The van der Waals surface area contributed by atoms with Crippen LogP contribution in [0, 0.1) is 0 Å². The van der Waals surface area contributed by atoms with E-state index in [1.165, 1.54) is 13.1 Å². The summed E-state index contributed by atoms with van der Waals surface area (Å²) >= 11 is 12.9. The Labute approximate surface area is 238 Å². The van der Waals surface area contributed by atoms with Crippen LogP contribution in [-0.2, 0) is 4.74 Å². The number of fused-ring (bicyclic) bond motifs is 3. The van der Waals surface area contributed by atoms with E-state index in [1.807, 2.05) is 0 Å². The van der Waals surface area contributed by atoms with E-state index in [2.05, 4.69) is 10.1 Å². The number of ether oxygens (including phenoxy) is 1. The number of likely N-dealkylation sites (N-methyl/N-ethyl adjacent to an activating group) is 1. The topological polar surface area (TPSA) is 75.9 Å². The standard InChI is InChI=1S/C29H25Cl2F2N3O4/c1-35-22-13-17(9-10-19(22)27(37)29(35,32)33)36-15-7-8-16(36)12-18(11-15)39-28(38)24-25(34-40-26(24)14-5-6-14)23-20(30)3-2-4-21(23)31/h2-4,9-10,13-16,18H,5-8,11-12H2,1H3/t15-,16+,18-. The Balaban J connectivity index is 1.13. The molecule has 1 aliphatic carbocycles. The van der Waals surface area contributed by atoms with Crippen molar-refractivity contribution in [3.8, 4) is 11.3 Å². The van der Waals surface area contributed by atoms with Gasteiger partial charge in [0, 0.05) is 54.7 Å². The minimum Gasteiger partial charge on any atom is -0.458 e.